The van der Waals surface area contributed by atoms with Gasteiger partial charge in [-0.3, -0.25) is 14.4 Å². The number of carbonyl (C=O) groups is 3. The fourth-order valence-electron chi connectivity index (χ4n) is 4.05. The molecule has 2 aliphatic heterocycles. The molecule has 1 aromatic heterocycles. The highest BCUT2D eigenvalue weighted by molar-refractivity contribution is 6.02. The smallest absolute Gasteiger partial charge is 0.268 e. The van der Waals surface area contributed by atoms with Gasteiger partial charge in [-0.1, -0.05) is 19.6 Å². The van der Waals surface area contributed by atoms with E-state index in [2.05, 4.69) is 24.1 Å². The van der Waals surface area contributed by atoms with E-state index >= 15 is 0 Å². The first kappa shape index (κ1) is 18.3. The zero-order chi connectivity index (χ0) is 19.8. The Morgan fingerprint density at radius 1 is 1.29 bits per heavy atom. The van der Waals surface area contributed by atoms with E-state index in [-0.39, 0.29) is 23.8 Å². The van der Waals surface area contributed by atoms with Crippen LogP contribution in [0.2, 0.25) is 0 Å². The molecule has 1 aromatic carbocycles. The van der Waals surface area contributed by atoms with E-state index in [1.807, 2.05) is 28.8 Å². The number of piperidine rings is 1. The highest BCUT2D eigenvalue weighted by Crippen LogP contribution is 2.25. The minimum absolute atomic E-state index is 0.0533. The molecule has 2 aliphatic rings. The summed E-state index contributed by atoms with van der Waals surface area (Å²) in [6.45, 7) is 7.99. The van der Waals surface area contributed by atoms with Gasteiger partial charge in [0.2, 0.25) is 5.91 Å². The van der Waals surface area contributed by atoms with Crippen LogP contribution in [0.1, 0.15) is 34.2 Å². The highest BCUT2D eigenvalue weighted by Gasteiger charge is 2.30. The van der Waals surface area contributed by atoms with Crippen molar-refractivity contribution in [2.45, 2.75) is 25.9 Å². The van der Waals surface area contributed by atoms with Crippen molar-refractivity contribution in [3.63, 3.8) is 0 Å². The predicted octanol–water partition coefficient (Wildman–Crippen LogP) is 1.54. The molecule has 0 aliphatic carbocycles. The molecule has 0 saturated carbocycles. The van der Waals surface area contributed by atoms with Crippen molar-refractivity contribution in [3.8, 4) is 0 Å². The van der Waals surface area contributed by atoms with Crippen LogP contribution >= 0.6 is 0 Å². The van der Waals surface area contributed by atoms with E-state index in [1.54, 1.807) is 4.90 Å². The average molecular weight is 380 g/mol. The predicted molar refractivity (Wildman–Crippen MR) is 106 cm³/mol. The summed E-state index contributed by atoms with van der Waals surface area (Å²) in [4.78, 5) is 38.6. The SMILES string of the molecule is C=CC(=O)N[C@H]1CN(C(=O)c2ccc3cc4n(c3c2)CCNC4=O)CC[C@H]1C. The monoisotopic (exact) mass is 380 g/mol. The van der Waals surface area contributed by atoms with Gasteiger partial charge < -0.3 is 20.1 Å². The van der Waals surface area contributed by atoms with Crippen molar-refractivity contribution < 1.29 is 14.4 Å². The quantitative estimate of drug-likeness (QED) is 0.793. The molecule has 1 fully saturated rings. The van der Waals surface area contributed by atoms with Gasteiger partial charge in [0.15, 0.2) is 0 Å². The van der Waals surface area contributed by atoms with Gasteiger partial charge in [-0.25, -0.2) is 0 Å². The zero-order valence-corrected chi connectivity index (χ0v) is 15.9. The lowest BCUT2D eigenvalue weighted by atomic mass is 9.93. The van der Waals surface area contributed by atoms with Crippen molar-refractivity contribution in [1.29, 1.82) is 0 Å². The van der Waals surface area contributed by atoms with Crippen LogP contribution in [0, 0.1) is 5.92 Å². The lowest BCUT2D eigenvalue weighted by Crippen LogP contribution is -2.53. The van der Waals surface area contributed by atoms with Crippen LogP contribution in [0.4, 0.5) is 0 Å². The van der Waals surface area contributed by atoms with Crippen LogP contribution in [-0.4, -0.2) is 52.9 Å². The summed E-state index contributed by atoms with van der Waals surface area (Å²) in [6.07, 6.45) is 2.09. The Hall–Kier alpha value is -3.09. The number of rotatable bonds is 3. The van der Waals surface area contributed by atoms with Gasteiger partial charge in [-0.05, 0) is 36.6 Å². The fourth-order valence-corrected chi connectivity index (χ4v) is 4.05. The summed E-state index contributed by atoms with van der Waals surface area (Å²) in [5, 5.41) is 6.72. The molecule has 4 rings (SSSR count). The molecule has 3 amide bonds. The molecule has 146 valence electrons. The average Bonchev–Trinajstić information content (AvgIpc) is 3.08. The first-order chi connectivity index (χ1) is 13.5. The third kappa shape index (κ3) is 3.17. The summed E-state index contributed by atoms with van der Waals surface area (Å²) in [7, 11) is 0. The van der Waals surface area contributed by atoms with Gasteiger partial charge in [0.25, 0.3) is 11.8 Å². The molecule has 0 radical (unpaired) electrons. The first-order valence-corrected chi connectivity index (χ1v) is 9.61. The van der Waals surface area contributed by atoms with Crippen molar-refractivity contribution in [3.05, 3.63) is 48.2 Å². The summed E-state index contributed by atoms with van der Waals surface area (Å²) < 4.78 is 1.97. The number of nitrogens with zero attached hydrogens (tertiary/aromatic N) is 2. The fraction of sp³-hybridized carbons (Fsp3) is 0.381. The van der Waals surface area contributed by atoms with Crippen LogP contribution in [0.25, 0.3) is 10.9 Å². The summed E-state index contributed by atoms with van der Waals surface area (Å²) in [5.41, 5.74) is 2.13. The standard InChI is InChI=1S/C21H24N4O3/c1-3-19(26)23-16-12-24(8-6-13(16)2)21(28)15-5-4-14-10-18-20(27)22-7-9-25(18)17(14)11-15/h3-5,10-11,13,16H,1,6-9,12H2,2H3,(H,22,27)(H,23,26)/t13-,16+/m1/s1. The van der Waals surface area contributed by atoms with Crippen LogP contribution < -0.4 is 10.6 Å². The van der Waals surface area contributed by atoms with E-state index in [0.717, 1.165) is 17.3 Å². The van der Waals surface area contributed by atoms with Gasteiger partial charge in [-0.2, -0.15) is 0 Å². The van der Waals surface area contributed by atoms with Crippen LogP contribution in [0.5, 0.6) is 0 Å². The maximum Gasteiger partial charge on any atom is 0.268 e. The van der Waals surface area contributed by atoms with E-state index < -0.39 is 0 Å². The molecule has 3 heterocycles. The molecular formula is C21H24N4O3. The Balaban J connectivity index is 1.59. The largest absolute Gasteiger partial charge is 0.349 e. The minimum atomic E-state index is -0.217. The maximum atomic E-state index is 13.1. The summed E-state index contributed by atoms with van der Waals surface area (Å²) in [6, 6.07) is 7.35. The van der Waals surface area contributed by atoms with Crippen molar-refractivity contribution in [2.24, 2.45) is 5.92 Å². The van der Waals surface area contributed by atoms with Gasteiger partial charge >= 0.3 is 0 Å². The van der Waals surface area contributed by atoms with Crippen molar-refractivity contribution >= 4 is 28.6 Å². The number of fused-ring (bicyclic) bond motifs is 3. The van der Waals surface area contributed by atoms with Gasteiger partial charge in [0, 0.05) is 48.7 Å². The molecule has 0 spiro atoms. The zero-order valence-electron chi connectivity index (χ0n) is 15.9. The number of hydrogen-bond donors (Lipinski definition) is 2. The second-order valence-corrected chi connectivity index (χ2v) is 7.55. The highest BCUT2D eigenvalue weighted by atomic mass is 16.2. The third-order valence-electron chi connectivity index (χ3n) is 5.76. The first-order valence-electron chi connectivity index (χ1n) is 9.61. The van der Waals surface area contributed by atoms with Crippen molar-refractivity contribution in [1.82, 2.24) is 20.1 Å². The number of nitrogens with one attached hydrogen (secondary N) is 2. The number of hydrogen-bond acceptors (Lipinski definition) is 3. The van der Waals surface area contributed by atoms with E-state index in [4.69, 9.17) is 0 Å². The number of aromatic nitrogens is 1. The summed E-state index contributed by atoms with van der Waals surface area (Å²) in [5.74, 6) is -0.0548. The lowest BCUT2D eigenvalue weighted by molar-refractivity contribution is -0.117. The second-order valence-electron chi connectivity index (χ2n) is 7.55. The number of likely N-dealkylation sites (tertiary alicyclic amines) is 1. The number of amides is 3. The third-order valence-corrected chi connectivity index (χ3v) is 5.76. The summed E-state index contributed by atoms with van der Waals surface area (Å²) >= 11 is 0. The molecule has 2 atom stereocenters. The van der Waals surface area contributed by atoms with Gasteiger partial charge in [0.05, 0.1) is 0 Å². The number of carbonyl (C=O) groups excluding carboxylic acids is 3. The van der Waals surface area contributed by atoms with Gasteiger partial charge in [-0.15, -0.1) is 0 Å². The Bertz CT molecular complexity index is 977. The van der Waals surface area contributed by atoms with Crippen LogP contribution in [0.3, 0.4) is 0 Å². The normalized spacial score (nSPS) is 21.8. The molecule has 0 unspecified atom stereocenters. The lowest BCUT2D eigenvalue weighted by Gasteiger charge is -2.37. The van der Waals surface area contributed by atoms with E-state index in [1.165, 1.54) is 6.08 Å². The Labute approximate surface area is 163 Å². The second kappa shape index (κ2) is 7.14. The molecule has 2 aromatic rings. The maximum absolute atomic E-state index is 13.1. The number of benzene rings is 1. The topological polar surface area (TPSA) is 83.4 Å². The van der Waals surface area contributed by atoms with Crippen molar-refractivity contribution in [2.75, 3.05) is 19.6 Å². The molecule has 1 saturated heterocycles. The Kier molecular flexibility index (Phi) is 4.66. The van der Waals surface area contributed by atoms with E-state index in [9.17, 15) is 14.4 Å². The minimum Gasteiger partial charge on any atom is -0.349 e. The molecule has 7 nitrogen and oxygen atoms in total. The molecule has 28 heavy (non-hydrogen) atoms. The van der Waals surface area contributed by atoms with Crippen LogP contribution in [0.15, 0.2) is 36.9 Å². The molecule has 2 N–H and O–H groups in total. The van der Waals surface area contributed by atoms with Gasteiger partial charge in [0.1, 0.15) is 5.69 Å². The molecular weight excluding hydrogens is 356 g/mol. The molecule has 0 bridgehead atoms. The Morgan fingerprint density at radius 3 is 2.89 bits per heavy atom. The van der Waals surface area contributed by atoms with Crippen LogP contribution in [-0.2, 0) is 11.3 Å². The molecule has 7 heteroatoms. The Morgan fingerprint density at radius 2 is 2.11 bits per heavy atom. The van der Waals surface area contributed by atoms with E-state index in [0.29, 0.717) is 43.4 Å².